The zero-order chi connectivity index (χ0) is 18.7. The largest absolute Gasteiger partial charge is 0.372 e. The molecule has 0 bridgehead atoms. The van der Waals surface area contributed by atoms with Gasteiger partial charge in [0.05, 0.1) is 17.0 Å². The van der Waals surface area contributed by atoms with E-state index in [0.717, 1.165) is 35.6 Å². The number of aryl methyl sites for hydroxylation is 1. The van der Waals surface area contributed by atoms with Crippen LogP contribution in [0.2, 0.25) is 0 Å². The molecule has 1 aliphatic rings. The Kier molecular flexibility index (Phi) is 5.21. The van der Waals surface area contributed by atoms with E-state index in [4.69, 9.17) is 0 Å². The van der Waals surface area contributed by atoms with E-state index in [9.17, 15) is 4.79 Å². The predicted molar refractivity (Wildman–Crippen MR) is 110 cm³/mol. The normalized spacial score (nSPS) is 15.5. The number of carbonyl (C=O) groups is 1. The second-order valence-corrected chi connectivity index (χ2v) is 6.46. The van der Waals surface area contributed by atoms with Crippen LogP contribution in [0, 0.1) is 6.92 Å². The molecule has 0 N–H and O–H groups in total. The highest BCUT2D eigenvalue weighted by atomic mass is 16.2. The summed E-state index contributed by atoms with van der Waals surface area (Å²) in [7, 11) is 0. The molecule has 0 aliphatic carbocycles. The summed E-state index contributed by atoms with van der Waals surface area (Å²) in [4.78, 5) is 15.1. The minimum atomic E-state index is -0.0841. The topological polar surface area (TPSA) is 35.9 Å². The van der Waals surface area contributed by atoms with Crippen LogP contribution in [0.3, 0.4) is 0 Å². The Bertz CT molecular complexity index is 844. The van der Waals surface area contributed by atoms with Crippen molar-refractivity contribution in [2.75, 3.05) is 23.0 Å². The molecule has 0 spiro atoms. The van der Waals surface area contributed by atoms with Crippen LogP contribution in [0.25, 0.3) is 6.08 Å². The predicted octanol–water partition coefficient (Wildman–Crippen LogP) is 4.65. The third kappa shape index (κ3) is 3.54. The van der Waals surface area contributed by atoms with Crippen molar-refractivity contribution in [2.24, 2.45) is 5.10 Å². The lowest BCUT2D eigenvalue weighted by Crippen LogP contribution is -2.21. The summed E-state index contributed by atoms with van der Waals surface area (Å²) in [5, 5.41) is 5.92. The Labute approximate surface area is 155 Å². The summed E-state index contributed by atoms with van der Waals surface area (Å²) >= 11 is 0. The summed E-state index contributed by atoms with van der Waals surface area (Å²) in [5.41, 5.74) is 5.53. The average Bonchev–Trinajstić information content (AvgIpc) is 2.93. The van der Waals surface area contributed by atoms with Crippen LogP contribution in [0.4, 0.5) is 11.4 Å². The fourth-order valence-electron chi connectivity index (χ4n) is 3.08. The number of rotatable bonds is 5. The zero-order valence-corrected chi connectivity index (χ0v) is 15.9. The van der Waals surface area contributed by atoms with Gasteiger partial charge in [0.2, 0.25) is 0 Å². The molecule has 0 aromatic heterocycles. The minimum absolute atomic E-state index is 0.0841. The van der Waals surface area contributed by atoms with Crippen molar-refractivity contribution in [3.05, 3.63) is 65.2 Å². The lowest BCUT2D eigenvalue weighted by Gasteiger charge is -2.20. The summed E-state index contributed by atoms with van der Waals surface area (Å²) in [6.45, 7) is 10.2. The van der Waals surface area contributed by atoms with E-state index in [1.807, 2.05) is 44.2 Å². The van der Waals surface area contributed by atoms with Crippen molar-refractivity contribution >= 4 is 29.1 Å². The molecule has 1 amide bonds. The van der Waals surface area contributed by atoms with Crippen molar-refractivity contribution in [3.8, 4) is 0 Å². The summed E-state index contributed by atoms with van der Waals surface area (Å²) in [6.07, 6.45) is 1.92. The highest BCUT2D eigenvalue weighted by Crippen LogP contribution is 2.25. The van der Waals surface area contributed by atoms with Crippen LogP contribution in [-0.4, -0.2) is 24.7 Å². The number of benzene rings is 2. The molecule has 4 heteroatoms. The SMILES string of the molecule is CCN(CC)c1ccc(C=C2C(=O)N(c3ccc(C)cc3)N=C2C)cc1. The van der Waals surface area contributed by atoms with Crippen LogP contribution >= 0.6 is 0 Å². The average molecular weight is 347 g/mol. The molecule has 0 atom stereocenters. The van der Waals surface area contributed by atoms with E-state index < -0.39 is 0 Å². The quantitative estimate of drug-likeness (QED) is 0.738. The number of carbonyl (C=O) groups excluding carboxylic acids is 1. The number of hydrazone groups is 1. The van der Waals surface area contributed by atoms with E-state index in [0.29, 0.717) is 5.57 Å². The fraction of sp³-hybridized carbons (Fsp3) is 0.273. The van der Waals surface area contributed by atoms with Crippen molar-refractivity contribution in [1.82, 2.24) is 0 Å². The maximum absolute atomic E-state index is 12.8. The molecular formula is C22H25N3O. The second kappa shape index (κ2) is 7.56. The zero-order valence-electron chi connectivity index (χ0n) is 15.9. The Morgan fingerprint density at radius 1 is 0.962 bits per heavy atom. The molecule has 1 aliphatic heterocycles. The van der Waals surface area contributed by atoms with Gasteiger partial charge < -0.3 is 4.90 Å². The molecule has 0 fully saturated rings. The van der Waals surface area contributed by atoms with Crippen molar-refractivity contribution in [2.45, 2.75) is 27.7 Å². The van der Waals surface area contributed by atoms with E-state index in [1.54, 1.807) is 0 Å². The van der Waals surface area contributed by atoms with E-state index in [2.05, 4.69) is 48.1 Å². The highest BCUT2D eigenvalue weighted by Gasteiger charge is 2.28. The standard InChI is InChI=1S/C22H25N3O/c1-5-24(6-2)19-13-9-18(10-14-19)15-21-17(4)23-25(22(21)26)20-11-7-16(3)8-12-20/h7-15H,5-6H2,1-4H3. The van der Waals surface area contributed by atoms with Gasteiger partial charge in [-0.25, -0.2) is 0 Å². The lowest BCUT2D eigenvalue weighted by atomic mass is 10.1. The molecule has 0 unspecified atom stereocenters. The molecule has 0 radical (unpaired) electrons. The van der Waals surface area contributed by atoms with Crippen LogP contribution in [-0.2, 0) is 4.79 Å². The van der Waals surface area contributed by atoms with Crippen LogP contribution in [0.1, 0.15) is 31.9 Å². The highest BCUT2D eigenvalue weighted by molar-refractivity contribution is 6.32. The summed E-state index contributed by atoms with van der Waals surface area (Å²) < 4.78 is 0. The summed E-state index contributed by atoms with van der Waals surface area (Å²) in [6, 6.07) is 16.1. The maximum Gasteiger partial charge on any atom is 0.280 e. The third-order valence-corrected chi connectivity index (χ3v) is 4.67. The van der Waals surface area contributed by atoms with Gasteiger partial charge in [0.25, 0.3) is 5.91 Å². The van der Waals surface area contributed by atoms with Gasteiger partial charge in [-0.15, -0.1) is 0 Å². The van der Waals surface area contributed by atoms with Crippen molar-refractivity contribution < 1.29 is 4.79 Å². The first-order chi connectivity index (χ1) is 12.5. The molecule has 2 aromatic carbocycles. The molecule has 1 heterocycles. The molecule has 2 aromatic rings. The first-order valence-electron chi connectivity index (χ1n) is 9.07. The van der Waals surface area contributed by atoms with E-state index in [1.165, 1.54) is 10.7 Å². The Balaban J connectivity index is 1.84. The number of hydrogen-bond acceptors (Lipinski definition) is 3. The minimum Gasteiger partial charge on any atom is -0.372 e. The first-order valence-corrected chi connectivity index (χ1v) is 9.07. The number of nitrogens with zero attached hydrogens (tertiary/aromatic N) is 3. The Morgan fingerprint density at radius 3 is 2.15 bits per heavy atom. The third-order valence-electron chi connectivity index (χ3n) is 4.67. The number of anilines is 2. The van der Waals surface area contributed by atoms with Crippen molar-refractivity contribution in [1.29, 1.82) is 0 Å². The molecule has 3 rings (SSSR count). The van der Waals surface area contributed by atoms with Gasteiger partial charge in [0, 0.05) is 18.8 Å². The van der Waals surface area contributed by atoms with Gasteiger partial charge >= 0.3 is 0 Å². The van der Waals surface area contributed by atoms with E-state index >= 15 is 0 Å². The Morgan fingerprint density at radius 2 is 1.58 bits per heavy atom. The smallest absolute Gasteiger partial charge is 0.280 e. The van der Waals surface area contributed by atoms with Gasteiger partial charge in [0.1, 0.15) is 0 Å². The lowest BCUT2D eigenvalue weighted by molar-refractivity contribution is -0.114. The maximum atomic E-state index is 12.8. The van der Waals surface area contributed by atoms with Crippen LogP contribution < -0.4 is 9.91 Å². The van der Waals surface area contributed by atoms with Gasteiger partial charge in [-0.2, -0.15) is 10.1 Å². The van der Waals surface area contributed by atoms with Gasteiger partial charge in [0.15, 0.2) is 0 Å². The van der Waals surface area contributed by atoms with Gasteiger partial charge in [-0.1, -0.05) is 29.8 Å². The molecule has 4 nitrogen and oxygen atoms in total. The van der Waals surface area contributed by atoms with Crippen LogP contribution in [0.5, 0.6) is 0 Å². The molecule has 0 saturated heterocycles. The van der Waals surface area contributed by atoms with Gasteiger partial charge in [-0.3, -0.25) is 4.79 Å². The molecule has 0 saturated carbocycles. The van der Waals surface area contributed by atoms with E-state index in [-0.39, 0.29) is 5.91 Å². The first kappa shape index (κ1) is 17.9. The molecule has 134 valence electrons. The Hall–Kier alpha value is -2.88. The van der Waals surface area contributed by atoms with Crippen molar-refractivity contribution in [3.63, 3.8) is 0 Å². The number of hydrogen-bond donors (Lipinski definition) is 0. The number of amides is 1. The van der Waals surface area contributed by atoms with Crippen LogP contribution in [0.15, 0.2) is 59.2 Å². The molecule has 26 heavy (non-hydrogen) atoms. The van der Waals surface area contributed by atoms with Gasteiger partial charge in [-0.05, 0) is 63.6 Å². The fourth-order valence-corrected chi connectivity index (χ4v) is 3.08. The second-order valence-electron chi connectivity index (χ2n) is 6.46. The summed E-state index contributed by atoms with van der Waals surface area (Å²) in [5.74, 6) is -0.0841. The molecular weight excluding hydrogens is 322 g/mol. The monoisotopic (exact) mass is 347 g/mol.